The minimum absolute atomic E-state index is 0.0325. The summed E-state index contributed by atoms with van der Waals surface area (Å²) in [4.78, 5) is 23.4. The minimum Gasteiger partial charge on any atom is -0.356 e. The summed E-state index contributed by atoms with van der Waals surface area (Å²) < 4.78 is 38.6. The second-order valence-electron chi connectivity index (χ2n) is 6.77. The van der Waals surface area contributed by atoms with Crippen LogP contribution in [0.4, 0.5) is 10.1 Å². The van der Waals surface area contributed by atoms with Crippen molar-refractivity contribution < 1.29 is 22.4 Å². The highest BCUT2D eigenvalue weighted by Crippen LogP contribution is 2.18. The zero-order valence-corrected chi connectivity index (χ0v) is 16.8. The van der Waals surface area contributed by atoms with E-state index in [1.54, 1.807) is 13.8 Å². The van der Waals surface area contributed by atoms with Crippen molar-refractivity contribution in [2.75, 3.05) is 17.6 Å². The first kappa shape index (κ1) is 21.6. The molecule has 0 saturated carbocycles. The highest BCUT2D eigenvalue weighted by molar-refractivity contribution is 7.91. The maximum atomic E-state index is 13.3. The minimum atomic E-state index is -3.63. The molecule has 0 fully saturated rings. The smallest absolute Gasteiger partial charge is 0.255 e. The number of aryl methyl sites for hydroxylation is 1. The second-order valence-corrected chi connectivity index (χ2v) is 8.80. The molecule has 0 aromatic heterocycles. The quantitative estimate of drug-likeness (QED) is 0.739. The lowest BCUT2D eigenvalue weighted by Gasteiger charge is -2.13. The van der Waals surface area contributed by atoms with Gasteiger partial charge in [-0.1, -0.05) is 13.0 Å². The van der Waals surface area contributed by atoms with Gasteiger partial charge in [0.1, 0.15) is 5.82 Å². The van der Waals surface area contributed by atoms with Gasteiger partial charge in [0.15, 0.2) is 9.84 Å². The summed E-state index contributed by atoms with van der Waals surface area (Å²) in [5, 5.41) is 5.22. The molecule has 28 heavy (non-hydrogen) atoms. The lowest BCUT2D eigenvalue weighted by atomic mass is 10.2. The van der Waals surface area contributed by atoms with E-state index in [1.807, 2.05) is 0 Å². The molecule has 0 radical (unpaired) electrons. The number of rotatable bonds is 7. The van der Waals surface area contributed by atoms with Gasteiger partial charge >= 0.3 is 0 Å². The van der Waals surface area contributed by atoms with Gasteiger partial charge in [0.05, 0.1) is 10.6 Å². The maximum Gasteiger partial charge on any atom is 0.255 e. The number of carbonyl (C=O) groups is 2. The van der Waals surface area contributed by atoms with Crippen molar-refractivity contribution in [1.82, 2.24) is 5.32 Å². The van der Waals surface area contributed by atoms with Crippen LogP contribution < -0.4 is 10.6 Å². The van der Waals surface area contributed by atoms with Gasteiger partial charge in [-0.05, 0) is 54.8 Å². The largest absolute Gasteiger partial charge is 0.356 e. The standard InChI is InChI=1S/C20H23FN2O4S/c1-13(11-22-15(3)24)12-28(26,27)18-6-4-5-16(10-18)20(25)23-17-7-8-19(21)14(2)9-17/h4-10,13H,11-12H2,1-3H3,(H,22,24)(H,23,25). The lowest BCUT2D eigenvalue weighted by Crippen LogP contribution is -2.29. The molecular formula is C20H23FN2O4S. The topological polar surface area (TPSA) is 92.3 Å². The molecule has 150 valence electrons. The van der Waals surface area contributed by atoms with E-state index in [0.29, 0.717) is 11.3 Å². The molecule has 6 nitrogen and oxygen atoms in total. The van der Waals surface area contributed by atoms with Crippen LogP contribution in [0.15, 0.2) is 47.4 Å². The Labute approximate surface area is 164 Å². The van der Waals surface area contributed by atoms with Crippen LogP contribution in [0.5, 0.6) is 0 Å². The van der Waals surface area contributed by atoms with E-state index in [0.717, 1.165) is 0 Å². The summed E-state index contributed by atoms with van der Waals surface area (Å²) in [6, 6.07) is 9.93. The highest BCUT2D eigenvalue weighted by Gasteiger charge is 2.20. The first-order valence-electron chi connectivity index (χ1n) is 8.73. The van der Waals surface area contributed by atoms with Crippen molar-refractivity contribution in [3.63, 3.8) is 0 Å². The predicted octanol–water partition coefficient (Wildman–Crippen LogP) is 2.93. The average molecular weight is 406 g/mol. The summed E-state index contributed by atoms with van der Waals surface area (Å²) in [5.41, 5.74) is 0.987. The summed E-state index contributed by atoms with van der Waals surface area (Å²) in [6.45, 7) is 4.92. The van der Waals surface area contributed by atoms with Crippen molar-refractivity contribution in [1.29, 1.82) is 0 Å². The van der Waals surface area contributed by atoms with Crippen LogP contribution in [0.2, 0.25) is 0 Å². The zero-order valence-electron chi connectivity index (χ0n) is 16.0. The van der Waals surface area contributed by atoms with Gasteiger partial charge in [-0.2, -0.15) is 0 Å². The Bertz CT molecular complexity index is 989. The summed E-state index contributed by atoms with van der Waals surface area (Å²) in [7, 11) is -3.63. The Morgan fingerprint density at radius 3 is 2.50 bits per heavy atom. The van der Waals surface area contributed by atoms with E-state index in [-0.39, 0.29) is 40.4 Å². The molecule has 0 bridgehead atoms. The molecule has 0 heterocycles. The molecule has 8 heteroatoms. The van der Waals surface area contributed by atoms with Gasteiger partial charge in [-0.25, -0.2) is 12.8 Å². The number of anilines is 1. The fraction of sp³-hybridized carbons (Fsp3) is 0.300. The van der Waals surface area contributed by atoms with Gasteiger partial charge in [0.2, 0.25) is 5.91 Å². The lowest BCUT2D eigenvalue weighted by molar-refractivity contribution is -0.119. The number of amides is 2. The molecule has 2 aromatic carbocycles. The summed E-state index contributed by atoms with van der Waals surface area (Å²) >= 11 is 0. The number of carbonyl (C=O) groups excluding carboxylic acids is 2. The SMILES string of the molecule is CC(=O)NCC(C)CS(=O)(=O)c1cccc(C(=O)Nc2ccc(F)c(C)c2)c1. The first-order chi connectivity index (χ1) is 13.1. The van der Waals surface area contributed by atoms with E-state index in [4.69, 9.17) is 0 Å². The van der Waals surface area contributed by atoms with Gasteiger partial charge in [0.25, 0.3) is 5.91 Å². The van der Waals surface area contributed by atoms with Crippen molar-refractivity contribution in [2.24, 2.45) is 5.92 Å². The molecule has 2 aromatic rings. The molecule has 0 saturated heterocycles. The molecule has 0 aliphatic heterocycles. The Hall–Kier alpha value is -2.74. The van der Waals surface area contributed by atoms with Crippen LogP contribution in [0.3, 0.4) is 0 Å². The number of nitrogens with one attached hydrogen (secondary N) is 2. The second kappa shape index (κ2) is 8.97. The predicted molar refractivity (Wildman–Crippen MR) is 105 cm³/mol. The Kier molecular flexibility index (Phi) is 6.90. The van der Waals surface area contributed by atoms with Crippen LogP contribution in [-0.4, -0.2) is 32.5 Å². The Morgan fingerprint density at radius 2 is 1.86 bits per heavy atom. The van der Waals surface area contributed by atoms with Crippen molar-refractivity contribution in [2.45, 2.75) is 25.7 Å². The molecule has 0 aliphatic rings. The van der Waals surface area contributed by atoms with Gasteiger partial charge < -0.3 is 10.6 Å². The van der Waals surface area contributed by atoms with E-state index in [9.17, 15) is 22.4 Å². The summed E-state index contributed by atoms with van der Waals surface area (Å²) in [5.74, 6) is -1.53. The van der Waals surface area contributed by atoms with Crippen LogP contribution >= 0.6 is 0 Å². The third-order valence-electron chi connectivity index (χ3n) is 4.07. The van der Waals surface area contributed by atoms with Gasteiger partial charge in [-0.15, -0.1) is 0 Å². The number of halogens is 1. The van der Waals surface area contributed by atoms with Crippen molar-refractivity contribution in [3.05, 3.63) is 59.4 Å². The van der Waals surface area contributed by atoms with E-state index in [1.165, 1.54) is 49.4 Å². The molecule has 2 rings (SSSR count). The van der Waals surface area contributed by atoms with E-state index >= 15 is 0 Å². The average Bonchev–Trinajstić information content (AvgIpc) is 2.63. The molecule has 2 amide bonds. The Balaban J connectivity index is 2.14. The fourth-order valence-corrected chi connectivity index (χ4v) is 4.26. The third kappa shape index (κ3) is 5.88. The number of hydrogen-bond donors (Lipinski definition) is 2. The molecule has 0 aliphatic carbocycles. The number of benzene rings is 2. The molecule has 0 spiro atoms. The van der Waals surface area contributed by atoms with Crippen molar-refractivity contribution >= 4 is 27.3 Å². The van der Waals surface area contributed by atoms with Gasteiger partial charge in [-0.3, -0.25) is 9.59 Å². The number of sulfone groups is 1. The van der Waals surface area contributed by atoms with Gasteiger partial charge in [0, 0.05) is 24.7 Å². The molecule has 2 N–H and O–H groups in total. The fourth-order valence-electron chi connectivity index (χ4n) is 2.60. The third-order valence-corrected chi connectivity index (χ3v) is 6.05. The Morgan fingerprint density at radius 1 is 1.14 bits per heavy atom. The first-order valence-corrected chi connectivity index (χ1v) is 10.4. The zero-order chi connectivity index (χ0) is 20.9. The van der Waals surface area contributed by atoms with Crippen LogP contribution in [0.25, 0.3) is 0 Å². The van der Waals surface area contributed by atoms with Crippen LogP contribution in [0, 0.1) is 18.7 Å². The highest BCUT2D eigenvalue weighted by atomic mass is 32.2. The normalized spacial score (nSPS) is 12.3. The van der Waals surface area contributed by atoms with E-state index < -0.39 is 15.7 Å². The van der Waals surface area contributed by atoms with Crippen LogP contribution in [-0.2, 0) is 14.6 Å². The van der Waals surface area contributed by atoms with E-state index in [2.05, 4.69) is 10.6 Å². The monoisotopic (exact) mass is 406 g/mol. The van der Waals surface area contributed by atoms with Crippen LogP contribution in [0.1, 0.15) is 29.8 Å². The molecule has 1 unspecified atom stereocenters. The summed E-state index contributed by atoms with van der Waals surface area (Å²) in [6.07, 6.45) is 0. The number of hydrogen-bond acceptors (Lipinski definition) is 4. The molecule has 1 atom stereocenters. The molecular weight excluding hydrogens is 383 g/mol. The maximum absolute atomic E-state index is 13.3. The van der Waals surface area contributed by atoms with Crippen molar-refractivity contribution in [3.8, 4) is 0 Å².